The average Bonchev–Trinajstić information content (AvgIpc) is 3.14. The van der Waals surface area contributed by atoms with E-state index in [1.807, 2.05) is 12.3 Å². The lowest BCUT2D eigenvalue weighted by Gasteiger charge is -2.32. The molecule has 7 heteroatoms. The van der Waals surface area contributed by atoms with Crippen LogP contribution in [0.1, 0.15) is 30.0 Å². The molecular weight excluding hydrogens is 400 g/mol. The molecule has 5 rings (SSSR count). The number of ether oxygens (including phenoxy) is 1. The van der Waals surface area contributed by atoms with E-state index in [1.165, 1.54) is 29.3 Å². The molecule has 4 aromatic rings. The van der Waals surface area contributed by atoms with E-state index < -0.39 is 0 Å². The molecule has 32 heavy (non-hydrogen) atoms. The second kappa shape index (κ2) is 8.96. The molecule has 7 nitrogen and oxygen atoms in total. The van der Waals surface area contributed by atoms with Crippen LogP contribution in [0.2, 0.25) is 0 Å². The molecule has 1 aliphatic rings. The third-order valence-electron chi connectivity index (χ3n) is 6.21. The Kier molecular flexibility index (Phi) is 5.73. The first-order chi connectivity index (χ1) is 15.7. The van der Waals surface area contributed by atoms with Crippen molar-refractivity contribution in [1.29, 1.82) is 0 Å². The van der Waals surface area contributed by atoms with Crippen LogP contribution < -0.4 is 10.1 Å². The summed E-state index contributed by atoms with van der Waals surface area (Å²) in [7, 11) is 3.81. The van der Waals surface area contributed by atoms with Crippen LogP contribution in [0.15, 0.2) is 61.2 Å². The molecular formula is C25H28N6O. The standard InChI is InChI=1S/C25H28N6O/c1-30-15-19(22-8-7-21(32-2)13-24(22)30)17-31-12-3-5-18(16-31)23-9-6-20(14-28-23)29-25-26-10-4-11-27-25/h4,6-11,13-15,18H,3,5,12,16-17H2,1-2H3,(H,26,27,29)/t18-/m1/s1. The summed E-state index contributed by atoms with van der Waals surface area (Å²) in [5.41, 5.74) is 4.62. The van der Waals surface area contributed by atoms with Crippen LogP contribution >= 0.6 is 0 Å². The summed E-state index contributed by atoms with van der Waals surface area (Å²) in [5, 5.41) is 4.49. The number of pyridine rings is 1. The van der Waals surface area contributed by atoms with Crippen LogP contribution in [0.5, 0.6) is 5.75 Å². The molecule has 1 fully saturated rings. The van der Waals surface area contributed by atoms with E-state index in [0.29, 0.717) is 11.9 Å². The molecule has 0 amide bonds. The Labute approximate surface area is 188 Å². The van der Waals surface area contributed by atoms with Crippen molar-refractivity contribution < 1.29 is 4.74 Å². The first-order valence-electron chi connectivity index (χ1n) is 11.0. The number of aryl methyl sites for hydroxylation is 1. The summed E-state index contributed by atoms with van der Waals surface area (Å²) in [5.74, 6) is 1.92. The van der Waals surface area contributed by atoms with Gasteiger partial charge in [-0.2, -0.15) is 0 Å². The van der Waals surface area contributed by atoms with E-state index in [1.54, 1.807) is 25.6 Å². The van der Waals surface area contributed by atoms with Gasteiger partial charge in [0.15, 0.2) is 0 Å². The number of aromatic nitrogens is 4. The highest BCUT2D eigenvalue weighted by molar-refractivity contribution is 5.85. The number of nitrogens with one attached hydrogen (secondary N) is 1. The maximum absolute atomic E-state index is 5.40. The number of fused-ring (bicyclic) bond motifs is 1. The van der Waals surface area contributed by atoms with Crippen molar-refractivity contribution in [2.24, 2.45) is 7.05 Å². The predicted molar refractivity (Wildman–Crippen MR) is 126 cm³/mol. The molecule has 1 saturated heterocycles. The van der Waals surface area contributed by atoms with Gasteiger partial charge in [-0.05, 0) is 55.3 Å². The molecule has 1 aliphatic heterocycles. The fourth-order valence-electron chi connectivity index (χ4n) is 4.60. The molecule has 1 aromatic carbocycles. The Balaban J connectivity index is 1.27. The van der Waals surface area contributed by atoms with Gasteiger partial charge in [-0.1, -0.05) is 0 Å². The highest BCUT2D eigenvalue weighted by Gasteiger charge is 2.23. The second-order valence-electron chi connectivity index (χ2n) is 8.39. The largest absolute Gasteiger partial charge is 0.497 e. The van der Waals surface area contributed by atoms with Gasteiger partial charge >= 0.3 is 0 Å². The highest BCUT2D eigenvalue weighted by Crippen LogP contribution is 2.30. The van der Waals surface area contributed by atoms with Crippen LogP contribution in [0.4, 0.5) is 11.6 Å². The summed E-state index contributed by atoms with van der Waals surface area (Å²) in [6.07, 6.45) is 9.93. The van der Waals surface area contributed by atoms with E-state index >= 15 is 0 Å². The summed E-state index contributed by atoms with van der Waals surface area (Å²) in [4.78, 5) is 15.7. The third kappa shape index (κ3) is 4.29. The maximum Gasteiger partial charge on any atom is 0.227 e. The summed E-state index contributed by atoms with van der Waals surface area (Å²) < 4.78 is 7.59. The molecule has 0 saturated carbocycles. The lowest BCUT2D eigenvalue weighted by Crippen LogP contribution is -2.34. The number of piperidine rings is 1. The van der Waals surface area contributed by atoms with Crippen LogP contribution in [0, 0.1) is 0 Å². The van der Waals surface area contributed by atoms with Gasteiger partial charge < -0.3 is 14.6 Å². The van der Waals surface area contributed by atoms with E-state index in [2.05, 4.69) is 62.3 Å². The Hall–Kier alpha value is -3.45. The van der Waals surface area contributed by atoms with Gasteiger partial charge in [-0.25, -0.2) is 9.97 Å². The molecule has 0 aliphatic carbocycles. The molecule has 0 radical (unpaired) electrons. The molecule has 0 unspecified atom stereocenters. The van der Waals surface area contributed by atoms with Crippen molar-refractivity contribution in [2.45, 2.75) is 25.3 Å². The van der Waals surface area contributed by atoms with Gasteiger partial charge in [0, 0.05) is 61.8 Å². The van der Waals surface area contributed by atoms with E-state index in [9.17, 15) is 0 Å². The average molecular weight is 429 g/mol. The Morgan fingerprint density at radius 3 is 2.78 bits per heavy atom. The van der Waals surface area contributed by atoms with Crippen LogP contribution in [-0.4, -0.2) is 44.6 Å². The number of hydrogen-bond acceptors (Lipinski definition) is 6. The third-order valence-corrected chi connectivity index (χ3v) is 6.21. The smallest absolute Gasteiger partial charge is 0.227 e. The first-order valence-corrected chi connectivity index (χ1v) is 11.0. The quantitative estimate of drug-likeness (QED) is 0.488. The minimum Gasteiger partial charge on any atom is -0.497 e. The highest BCUT2D eigenvalue weighted by atomic mass is 16.5. The molecule has 3 aromatic heterocycles. The van der Waals surface area contributed by atoms with E-state index in [4.69, 9.17) is 9.72 Å². The lowest BCUT2D eigenvalue weighted by molar-refractivity contribution is 0.199. The van der Waals surface area contributed by atoms with Gasteiger partial charge in [0.1, 0.15) is 5.75 Å². The second-order valence-corrected chi connectivity index (χ2v) is 8.39. The molecule has 4 heterocycles. The Bertz CT molecular complexity index is 1190. The maximum atomic E-state index is 5.40. The summed E-state index contributed by atoms with van der Waals surface area (Å²) >= 11 is 0. The van der Waals surface area contributed by atoms with Crippen molar-refractivity contribution >= 4 is 22.5 Å². The first kappa shape index (κ1) is 20.5. The number of rotatable bonds is 6. The fraction of sp³-hybridized carbons (Fsp3) is 0.320. The SMILES string of the molecule is COc1ccc2c(CN3CCC[C@@H](c4ccc(Nc5ncccn5)cn4)C3)cn(C)c2c1. The number of anilines is 2. The van der Waals surface area contributed by atoms with E-state index in [-0.39, 0.29) is 0 Å². The van der Waals surface area contributed by atoms with Gasteiger partial charge in [0.25, 0.3) is 0 Å². The van der Waals surface area contributed by atoms with Crippen LogP contribution in [-0.2, 0) is 13.6 Å². The van der Waals surface area contributed by atoms with Gasteiger partial charge in [0.2, 0.25) is 5.95 Å². The van der Waals surface area contributed by atoms with Crippen molar-refractivity contribution in [1.82, 2.24) is 24.4 Å². The minimum absolute atomic E-state index is 0.445. The zero-order chi connectivity index (χ0) is 21.9. The zero-order valence-electron chi connectivity index (χ0n) is 18.5. The fourth-order valence-corrected chi connectivity index (χ4v) is 4.60. The Morgan fingerprint density at radius 2 is 2.00 bits per heavy atom. The topological polar surface area (TPSA) is 68.1 Å². The number of hydrogen-bond donors (Lipinski definition) is 1. The molecule has 1 N–H and O–H groups in total. The predicted octanol–water partition coefficient (Wildman–Crippen LogP) is 4.50. The lowest BCUT2D eigenvalue weighted by atomic mass is 9.94. The van der Waals surface area contributed by atoms with Gasteiger partial charge in [-0.3, -0.25) is 9.88 Å². The van der Waals surface area contributed by atoms with E-state index in [0.717, 1.165) is 36.8 Å². The molecule has 164 valence electrons. The normalized spacial score (nSPS) is 16.9. The van der Waals surface area contributed by atoms with Crippen molar-refractivity contribution in [3.63, 3.8) is 0 Å². The Morgan fingerprint density at radius 1 is 1.12 bits per heavy atom. The van der Waals surface area contributed by atoms with Gasteiger partial charge in [0.05, 0.1) is 24.5 Å². The number of benzene rings is 1. The van der Waals surface area contributed by atoms with Gasteiger partial charge in [-0.15, -0.1) is 0 Å². The number of nitrogens with zero attached hydrogens (tertiary/aromatic N) is 5. The molecule has 0 spiro atoms. The number of methoxy groups -OCH3 is 1. The monoisotopic (exact) mass is 428 g/mol. The van der Waals surface area contributed by atoms with Crippen molar-refractivity contribution in [3.05, 3.63) is 72.4 Å². The van der Waals surface area contributed by atoms with Crippen LogP contribution in [0.25, 0.3) is 10.9 Å². The summed E-state index contributed by atoms with van der Waals surface area (Å²) in [6, 6.07) is 12.3. The minimum atomic E-state index is 0.445. The molecule has 1 atom stereocenters. The van der Waals surface area contributed by atoms with Crippen molar-refractivity contribution in [2.75, 3.05) is 25.5 Å². The number of likely N-dealkylation sites (tertiary alicyclic amines) is 1. The van der Waals surface area contributed by atoms with Crippen molar-refractivity contribution in [3.8, 4) is 5.75 Å². The van der Waals surface area contributed by atoms with Crippen LogP contribution in [0.3, 0.4) is 0 Å². The molecule has 0 bridgehead atoms. The summed E-state index contributed by atoms with van der Waals surface area (Å²) in [6.45, 7) is 3.09. The zero-order valence-corrected chi connectivity index (χ0v) is 18.5.